The van der Waals surface area contributed by atoms with Crippen molar-refractivity contribution in [3.8, 4) is 5.88 Å². The van der Waals surface area contributed by atoms with E-state index in [2.05, 4.69) is 14.7 Å². The van der Waals surface area contributed by atoms with Gasteiger partial charge in [0, 0.05) is 0 Å². The van der Waals surface area contributed by atoms with Crippen LogP contribution in [0.5, 0.6) is 5.88 Å². The Morgan fingerprint density at radius 1 is 1.80 bits per heavy atom. The van der Waals surface area contributed by atoms with E-state index in [1.165, 1.54) is 0 Å². The molecule has 0 radical (unpaired) electrons. The number of nitrogens with one attached hydrogen (secondary N) is 1. The maximum absolute atomic E-state index is 11.2. The second-order valence-electron chi connectivity index (χ2n) is 2.47. The number of nitrogens with zero attached hydrogens (tertiary/aromatic N) is 2. The van der Waals surface area contributed by atoms with Gasteiger partial charge in [0.2, 0.25) is 5.88 Å². The molecule has 8 nitrogen and oxygen atoms in total. The lowest BCUT2D eigenvalue weighted by atomic mass is 10.5. The van der Waals surface area contributed by atoms with Crippen molar-refractivity contribution in [3.05, 3.63) is 16.7 Å². The fourth-order valence-electron chi connectivity index (χ4n) is 0.885. The molecular formula is C7H10N4O4. The first-order valence-electron chi connectivity index (χ1n) is 4.06. The number of H-pyrrole nitrogens is 1. The van der Waals surface area contributed by atoms with Gasteiger partial charge in [-0.15, -0.1) is 0 Å². The molecule has 4 N–H and O–H groups in total. The van der Waals surface area contributed by atoms with Crippen molar-refractivity contribution in [2.24, 2.45) is 5.84 Å². The molecule has 0 aliphatic heterocycles. The van der Waals surface area contributed by atoms with E-state index in [4.69, 9.17) is 5.84 Å². The molecule has 15 heavy (non-hydrogen) atoms. The van der Waals surface area contributed by atoms with Crippen molar-refractivity contribution >= 4 is 11.8 Å². The zero-order chi connectivity index (χ0) is 11.4. The lowest BCUT2D eigenvalue weighted by Crippen LogP contribution is -2.41. The number of hydrazine groups is 1. The van der Waals surface area contributed by atoms with Crippen LogP contribution in [0.15, 0.2) is 11.1 Å². The molecule has 1 amide bonds. The third kappa shape index (κ3) is 2.23. The molecule has 0 atom stereocenters. The molecule has 0 aliphatic rings. The molecular weight excluding hydrogens is 204 g/mol. The minimum Gasteiger partial charge on any atom is -0.492 e. The van der Waals surface area contributed by atoms with Gasteiger partial charge in [0.1, 0.15) is 0 Å². The SMILES string of the molecule is CCOC(=O)N(N)c1c(O)nc[nH]c1=O. The van der Waals surface area contributed by atoms with Crippen LogP contribution in [0, 0.1) is 0 Å². The van der Waals surface area contributed by atoms with E-state index in [0.29, 0.717) is 5.01 Å². The predicted molar refractivity (Wildman–Crippen MR) is 50.2 cm³/mol. The Hall–Kier alpha value is -2.09. The zero-order valence-electron chi connectivity index (χ0n) is 7.93. The number of nitrogens with two attached hydrogens (primary N) is 1. The van der Waals surface area contributed by atoms with Crippen LogP contribution in [-0.4, -0.2) is 27.8 Å². The van der Waals surface area contributed by atoms with Crippen molar-refractivity contribution in [1.29, 1.82) is 0 Å². The smallest absolute Gasteiger partial charge is 0.429 e. The normalized spacial score (nSPS) is 9.73. The summed E-state index contributed by atoms with van der Waals surface area (Å²) in [5, 5.41) is 9.61. The number of carbonyl (C=O) groups is 1. The van der Waals surface area contributed by atoms with Crippen molar-refractivity contribution in [2.45, 2.75) is 6.92 Å². The third-order valence-corrected chi connectivity index (χ3v) is 1.51. The summed E-state index contributed by atoms with van der Waals surface area (Å²) in [5.74, 6) is 4.62. The van der Waals surface area contributed by atoms with Crippen LogP contribution in [0.1, 0.15) is 6.92 Å². The van der Waals surface area contributed by atoms with Gasteiger partial charge in [0.05, 0.1) is 12.9 Å². The van der Waals surface area contributed by atoms with Crippen LogP contribution >= 0.6 is 0 Å². The number of hydrogen-bond donors (Lipinski definition) is 3. The van der Waals surface area contributed by atoms with Gasteiger partial charge in [-0.25, -0.2) is 20.6 Å². The lowest BCUT2D eigenvalue weighted by Gasteiger charge is -2.14. The summed E-state index contributed by atoms with van der Waals surface area (Å²) in [6, 6.07) is 0. The predicted octanol–water partition coefficient (Wildman–Crippen LogP) is -0.688. The number of carbonyl (C=O) groups excluding carboxylic acids is 1. The second-order valence-corrected chi connectivity index (χ2v) is 2.47. The number of aromatic amines is 1. The Labute approximate surface area is 84.3 Å². The van der Waals surface area contributed by atoms with Gasteiger partial charge in [-0.05, 0) is 6.92 Å². The summed E-state index contributed by atoms with van der Waals surface area (Å²) >= 11 is 0. The van der Waals surface area contributed by atoms with E-state index in [1.807, 2.05) is 0 Å². The molecule has 0 aliphatic carbocycles. The van der Waals surface area contributed by atoms with Crippen LogP contribution in [-0.2, 0) is 4.74 Å². The van der Waals surface area contributed by atoms with Gasteiger partial charge < -0.3 is 14.8 Å². The topological polar surface area (TPSA) is 122 Å². The summed E-state index contributed by atoms with van der Waals surface area (Å²) in [5.41, 5.74) is -1.20. The Bertz CT molecular complexity index is 416. The minimum atomic E-state index is -0.952. The summed E-state index contributed by atoms with van der Waals surface area (Å²) in [6.07, 6.45) is 0.0338. The number of ether oxygens (including phenoxy) is 1. The molecule has 1 aromatic rings. The molecule has 1 aromatic heterocycles. The Morgan fingerprint density at radius 2 is 2.47 bits per heavy atom. The lowest BCUT2D eigenvalue weighted by molar-refractivity contribution is 0.159. The zero-order valence-corrected chi connectivity index (χ0v) is 7.93. The van der Waals surface area contributed by atoms with Gasteiger partial charge in [-0.2, -0.15) is 0 Å². The molecule has 82 valence electrons. The Morgan fingerprint density at radius 3 is 3.00 bits per heavy atom. The first-order chi connectivity index (χ1) is 7.07. The molecule has 0 fully saturated rings. The molecule has 0 spiro atoms. The Kier molecular flexibility index (Phi) is 3.24. The van der Waals surface area contributed by atoms with E-state index >= 15 is 0 Å². The molecule has 0 saturated carbocycles. The van der Waals surface area contributed by atoms with E-state index in [1.54, 1.807) is 6.92 Å². The van der Waals surface area contributed by atoms with Gasteiger partial charge in [-0.3, -0.25) is 4.79 Å². The average Bonchev–Trinajstić information content (AvgIpc) is 2.17. The monoisotopic (exact) mass is 214 g/mol. The van der Waals surface area contributed by atoms with Gasteiger partial charge in [-0.1, -0.05) is 0 Å². The number of aromatic nitrogens is 2. The van der Waals surface area contributed by atoms with Crippen molar-refractivity contribution in [1.82, 2.24) is 9.97 Å². The third-order valence-electron chi connectivity index (χ3n) is 1.51. The summed E-state index contributed by atoms with van der Waals surface area (Å²) in [6.45, 7) is 1.69. The number of rotatable bonds is 2. The maximum atomic E-state index is 11.2. The van der Waals surface area contributed by atoms with E-state index in [9.17, 15) is 14.7 Å². The van der Waals surface area contributed by atoms with Crippen molar-refractivity contribution in [3.63, 3.8) is 0 Å². The molecule has 1 heterocycles. The maximum Gasteiger partial charge on any atom is 0.429 e. The quantitative estimate of drug-likeness (QED) is 0.340. The highest BCUT2D eigenvalue weighted by Crippen LogP contribution is 2.16. The number of anilines is 1. The van der Waals surface area contributed by atoms with Crippen LogP contribution < -0.4 is 16.4 Å². The van der Waals surface area contributed by atoms with E-state index in [0.717, 1.165) is 6.33 Å². The van der Waals surface area contributed by atoms with Crippen LogP contribution in [0.2, 0.25) is 0 Å². The number of amides is 1. The first-order valence-corrected chi connectivity index (χ1v) is 4.06. The van der Waals surface area contributed by atoms with Crippen LogP contribution in [0.25, 0.3) is 0 Å². The van der Waals surface area contributed by atoms with E-state index < -0.39 is 23.2 Å². The van der Waals surface area contributed by atoms with Crippen LogP contribution in [0.3, 0.4) is 0 Å². The highest BCUT2D eigenvalue weighted by Gasteiger charge is 2.20. The summed E-state index contributed by atoms with van der Waals surface area (Å²) in [4.78, 5) is 27.9. The Balaban J connectivity index is 3.06. The molecule has 0 unspecified atom stereocenters. The molecule has 0 aromatic carbocycles. The summed E-state index contributed by atoms with van der Waals surface area (Å²) < 4.78 is 4.54. The van der Waals surface area contributed by atoms with E-state index in [-0.39, 0.29) is 6.61 Å². The molecule has 1 rings (SSSR count). The average molecular weight is 214 g/mol. The number of aromatic hydroxyl groups is 1. The fraction of sp³-hybridized carbons (Fsp3) is 0.286. The standard InChI is InChI=1S/C7H10N4O4/c1-2-15-7(14)11(8)4-5(12)9-3-10-6(4)13/h3H,2,8H2,1H3,(H2,9,10,12,13). The highest BCUT2D eigenvalue weighted by atomic mass is 16.6. The minimum absolute atomic E-state index is 0.103. The second kappa shape index (κ2) is 4.42. The van der Waals surface area contributed by atoms with Gasteiger partial charge >= 0.3 is 6.09 Å². The first kappa shape index (κ1) is 11.0. The van der Waals surface area contributed by atoms with Crippen molar-refractivity contribution in [2.75, 3.05) is 11.6 Å². The van der Waals surface area contributed by atoms with Gasteiger partial charge in [0.15, 0.2) is 5.69 Å². The fourth-order valence-corrected chi connectivity index (χ4v) is 0.885. The van der Waals surface area contributed by atoms with Crippen LogP contribution in [0.4, 0.5) is 10.5 Å². The molecule has 0 saturated heterocycles. The molecule has 0 bridgehead atoms. The highest BCUT2D eigenvalue weighted by molar-refractivity contribution is 5.87. The number of hydrogen-bond acceptors (Lipinski definition) is 6. The largest absolute Gasteiger partial charge is 0.492 e. The molecule has 8 heteroatoms. The summed E-state index contributed by atoms with van der Waals surface area (Å²) in [7, 11) is 0. The van der Waals surface area contributed by atoms with Crippen molar-refractivity contribution < 1.29 is 14.6 Å². The van der Waals surface area contributed by atoms with Gasteiger partial charge in [0.25, 0.3) is 5.56 Å².